The Bertz CT molecular complexity index is 885. The molecule has 0 aliphatic carbocycles. The van der Waals surface area contributed by atoms with Crippen molar-refractivity contribution in [3.05, 3.63) is 58.6 Å². The number of carbonyl (C=O) groups excluding carboxylic acids is 1. The lowest BCUT2D eigenvalue weighted by Crippen LogP contribution is -2.40. The van der Waals surface area contributed by atoms with E-state index in [1.807, 2.05) is 47.4 Å². The first-order valence-corrected chi connectivity index (χ1v) is 9.19. The molecule has 1 aliphatic heterocycles. The quantitative estimate of drug-likeness (QED) is 0.702. The van der Waals surface area contributed by atoms with Crippen molar-refractivity contribution in [3.63, 3.8) is 0 Å². The van der Waals surface area contributed by atoms with Gasteiger partial charge in [-0.3, -0.25) is 4.79 Å². The summed E-state index contributed by atoms with van der Waals surface area (Å²) in [7, 11) is 0. The molecule has 3 aromatic rings. The number of amides is 1. The van der Waals surface area contributed by atoms with Gasteiger partial charge in [-0.1, -0.05) is 29.8 Å². The van der Waals surface area contributed by atoms with Gasteiger partial charge in [-0.25, -0.2) is 4.68 Å². The van der Waals surface area contributed by atoms with E-state index in [4.69, 9.17) is 16.3 Å². The maximum Gasteiger partial charge on any atom is 0.257 e. The molecule has 0 bridgehead atoms. The summed E-state index contributed by atoms with van der Waals surface area (Å²) in [6.07, 6.45) is 1.80. The lowest BCUT2D eigenvalue weighted by Gasteiger charge is -2.26. The topological polar surface area (TPSA) is 47.4 Å². The number of morpholine rings is 1. The third-order valence-electron chi connectivity index (χ3n) is 4.07. The summed E-state index contributed by atoms with van der Waals surface area (Å²) >= 11 is 7.51. The molecule has 1 aliphatic rings. The van der Waals surface area contributed by atoms with Crippen LogP contribution in [0.3, 0.4) is 0 Å². The van der Waals surface area contributed by atoms with Crippen LogP contribution in [0.25, 0.3) is 16.3 Å². The summed E-state index contributed by atoms with van der Waals surface area (Å²) in [5.74, 6) is -0.0231. The summed E-state index contributed by atoms with van der Waals surface area (Å²) in [6, 6.07) is 13.5. The number of benzene rings is 1. The number of nitrogens with zero attached hydrogens (tertiary/aromatic N) is 3. The highest BCUT2D eigenvalue weighted by molar-refractivity contribution is 7.19. The van der Waals surface area contributed by atoms with Crippen molar-refractivity contribution in [3.8, 4) is 16.3 Å². The van der Waals surface area contributed by atoms with Crippen molar-refractivity contribution in [1.82, 2.24) is 14.7 Å². The highest BCUT2D eigenvalue weighted by atomic mass is 35.5. The Morgan fingerprint density at radius 2 is 1.88 bits per heavy atom. The molecule has 4 rings (SSSR count). The first-order valence-electron chi connectivity index (χ1n) is 8.00. The molecule has 0 unspecified atom stereocenters. The number of carbonyl (C=O) groups is 1. The Morgan fingerprint density at radius 1 is 1.12 bits per heavy atom. The van der Waals surface area contributed by atoms with Crippen molar-refractivity contribution >= 4 is 28.8 Å². The Kier molecular flexibility index (Phi) is 4.57. The van der Waals surface area contributed by atoms with Crippen LogP contribution < -0.4 is 0 Å². The molecule has 1 saturated heterocycles. The monoisotopic (exact) mass is 373 g/mol. The summed E-state index contributed by atoms with van der Waals surface area (Å²) < 4.78 is 7.77. The average Bonchev–Trinajstić information content (AvgIpc) is 3.29. The van der Waals surface area contributed by atoms with E-state index in [0.717, 1.165) is 10.6 Å². The zero-order valence-electron chi connectivity index (χ0n) is 13.4. The Labute approximate surface area is 154 Å². The summed E-state index contributed by atoms with van der Waals surface area (Å²) in [5, 5.41) is 4.67. The van der Waals surface area contributed by atoms with Gasteiger partial charge in [0.25, 0.3) is 5.91 Å². The molecule has 0 saturated carbocycles. The van der Waals surface area contributed by atoms with Crippen LogP contribution in [-0.4, -0.2) is 46.9 Å². The zero-order chi connectivity index (χ0) is 17.2. The van der Waals surface area contributed by atoms with Crippen LogP contribution in [0.5, 0.6) is 0 Å². The van der Waals surface area contributed by atoms with E-state index in [0.29, 0.717) is 41.9 Å². The lowest BCUT2D eigenvalue weighted by molar-refractivity contribution is 0.0303. The molecular weight excluding hydrogens is 358 g/mol. The van der Waals surface area contributed by atoms with E-state index in [-0.39, 0.29) is 5.91 Å². The summed E-state index contributed by atoms with van der Waals surface area (Å²) in [4.78, 5) is 15.7. The maximum absolute atomic E-state index is 13.0. The Hall–Kier alpha value is -2.15. The van der Waals surface area contributed by atoms with Gasteiger partial charge in [0, 0.05) is 19.3 Å². The van der Waals surface area contributed by atoms with Crippen LogP contribution in [0.1, 0.15) is 10.4 Å². The van der Waals surface area contributed by atoms with Gasteiger partial charge >= 0.3 is 0 Å². The second kappa shape index (κ2) is 7.00. The minimum atomic E-state index is -0.0231. The summed E-state index contributed by atoms with van der Waals surface area (Å²) in [5.41, 5.74) is 2.16. The van der Waals surface area contributed by atoms with Crippen LogP contribution in [0.4, 0.5) is 0 Å². The van der Waals surface area contributed by atoms with Crippen molar-refractivity contribution in [2.75, 3.05) is 26.3 Å². The standard InChI is InChI=1S/C18H16ClN3O2S/c19-16-7-6-15(25-16)17-14(18(23)21-8-10-24-11-9-21)12-22(20-17)13-4-2-1-3-5-13/h1-7,12H,8-11H2. The van der Waals surface area contributed by atoms with E-state index in [9.17, 15) is 4.79 Å². The van der Waals surface area contributed by atoms with Crippen LogP contribution in [0.2, 0.25) is 4.34 Å². The molecule has 0 atom stereocenters. The van der Waals surface area contributed by atoms with Crippen LogP contribution in [0.15, 0.2) is 48.7 Å². The van der Waals surface area contributed by atoms with Crippen LogP contribution in [-0.2, 0) is 4.74 Å². The van der Waals surface area contributed by atoms with Gasteiger partial charge in [-0.15, -0.1) is 11.3 Å². The summed E-state index contributed by atoms with van der Waals surface area (Å²) in [6.45, 7) is 2.33. The molecule has 2 aromatic heterocycles. The number of rotatable bonds is 3. The van der Waals surface area contributed by atoms with Gasteiger partial charge < -0.3 is 9.64 Å². The largest absolute Gasteiger partial charge is 0.378 e. The molecule has 5 nitrogen and oxygen atoms in total. The highest BCUT2D eigenvalue weighted by Crippen LogP contribution is 2.33. The molecule has 25 heavy (non-hydrogen) atoms. The minimum absolute atomic E-state index is 0.0231. The number of ether oxygens (including phenoxy) is 1. The second-order valence-electron chi connectivity index (χ2n) is 5.68. The maximum atomic E-state index is 13.0. The molecule has 0 spiro atoms. The van der Waals surface area contributed by atoms with Crippen molar-refractivity contribution < 1.29 is 9.53 Å². The SMILES string of the molecule is O=C(c1cn(-c2ccccc2)nc1-c1ccc(Cl)s1)N1CCOCC1. The molecule has 1 fully saturated rings. The molecule has 0 N–H and O–H groups in total. The van der Waals surface area contributed by atoms with Gasteiger partial charge in [0.1, 0.15) is 5.69 Å². The number of aromatic nitrogens is 2. The fraction of sp³-hybridized carbons (Fsp3) is 0.222. The Morgan fingerprint density at radius 3 is 2.56 bits per heavy atom. The van der Waals surface area contributed by atoms with Crippen molar-refractivity contribution in [2.45, 2.75) is 0 Å². The van der Waals surface area contributed by atoms with Gasteiger partial charge in [-0.2, -0.15) is 5.10 Å². The van der Waals surface area contributed by atoms with Crippen molar-refractivity contribution in [1.29, 1.82) is 0 Å². The first kappa shape index (κ1) is 16.3. The van der Waals surface area contributed by atoms with E-state index in [2.05, 4.69) is 5.10 Å². The number of para-hydroxylation sites is 1. The van der Waals surface area contributed by atoms with Gasteiger partial charge in [0.05, 0.1) is 33.7 Å². The third-order valence-corrected chi connectivity index (χ3v) is 5.31. The minimum Gasteiger partial charge on any atom is -0.378 e. The Balaban J connectivity index is 1.78. The number of halogens is 1. The van der Waals surface area contributed by atoms with Crippen LogP contribution >= 0.6 is 22.9 Å². The van der Waals surface area contributed by atoms with E-state index in [1.165, 1.54) is 11.3 Å². The molecule has 0 radical (unpaired) electrons. The smallest absolute Gasteiger partial charge is 0.257 e. The normalized spacial score (nSPS) is 14.7. The van der Waals surface area contributed by atoms with Crippen molar-refractivity contribution in [2.24, 2.45) is 0 Å². The fourth-order valence-electron chi connectivity index (χ4n) is 2.80. The van der Waals surface area contributed by atoms with E-state index >= 15 is 0 Å². The predicted octanol–water partition coefficient (Wildman–Crippen LogP) is 3.73. The molecule has 3 heterocycles. The highest BCUT2D eigenvalue weighted by Gasteiger charge is 2.25. The van der Waals surface area contributed by atoms with Gasteiger partial charge in [0.15, 0.2) is 0 Å². The van der Waals surface area contributed by atoms with Gasteiger partial charge in [0.2, 0.25) is 0 Å². The lowest BCUT2D eigenvalue weighted by atomic mass is 10.2. The number of hydrogen-bond acceptors (Lipinski definition) is 4. The first-order chi connectivity index (χ1) is 12.2. The van der Waals surface area contributed by atoms with Gasteiger partial charge in [-0.05, 0) is 24.3 Å². The number of hydrogen-bond donors (Lipinski definition) is 0. The van der Waals surface area contributed by atoms with E-state index < -0.39 is 0 Å². The molecule has 1 amide bonds. The third kappa shape index (κ3) is 3.33. The number of thiophene rings is 1. The van der Waals surface area contributed by atoms with E-state index in [1.54, 1.807) is 10.9 Å². The average molecular weight is 374 g/mol. The van der Waals surface area contributed by atoms with Crippen LogP contribution in [0, 0.1) is 0 Å². The zero-order valence-corrected chi connectivity index (χ0v) is 15.0. The molecular formula is C18H16ClN3O2S. The second-order valence-corrected chi connectivity index (χ2v) is 7.39. The predicted molar refractivity (Wildman–Crippen MR) is 98.6 cm³/mol. The fourth-order valence-corrected chi connectivity index (χ4v) is 3.85. The molecule has 1 aromatic carbocycles. The molecule has 7 heteroatoms. The molecule has 128 valence electrons.